The van der Waals surface area contributed by atoms with E-state index in [1.54, 1.807) is 32.4 Å². The Bertz CT molecular complexity index is 835. The third-order valence-electron chi connectivity index (χ3n) is 4.59. The van der Waals surface area contributed by atoms with Gasteiger partial charge in [-0.15, -0.1) is 0 Å². The van der Waals surface area contributed by atoms with Crippen LogP contribution in [0.4, 0.5) is 5.95 Å². The normalized spacial score (nSPS) is 16.3. The summed E-state index contributed by atoms with van der Waals surface area (Å²) in [7, 11) is 3.11. The fourth-order valence-corrected chi connectivity index (χ4v) is 3.11. The van der Waals surface area contributed by atoms with Crippen LogP contribution in [0.25, 0.3) is 11.4 Å². The van der Waals surface area contributed by atoms with Crippen LogP contribution in [0, 0.1) is 0 Å². The molecule has 8 nitrogen and oxygen atoms in total. The lowest BCUT2D eigenvalue weighted by molar-refractivity contribution is 0.0574. The highest BCUT2D eigenvalue weighted by molar-refractivity contribution is 6.66. The van der Waals surface area contributed by atoms with Crippen molar-refractivity contribution in [3.63, 3.8) is 0 Å². The second-order valence-electron chi connectivity index (χ2n) is 6.73. The maximum absolute atomic E-state index is 6.43. The molecule has 0 spiro atoms. The fraction of sp³-hybridized carbons (Fsp3) is 0.500. The summed E-state index contributed by atoms with van der Waals surface area (Å²) >= 11 is 18.1. The van der Waals surface area contributed by atoms with E-state index in [9.17, 15) is 0 Å². The minimum Gasteiger partial charge on any atom is -0.497 e. The second-order valence-corrected chi connectivity index (χ2v) is 9.01. The number of benzene rings is 1. The maximum Gasteiger partial charge on any atom is 0.250 e. The lowest BCUT2D eigenvalue weighted by atomic mass is 9.91. The Hall–Kier alpha value is -1.58. The highest BCUT2D eigenvalue weighted by Crippen LogP contribution is 2.37. The molecule has 29 heavy (non-hydrogen) atoms. The van der Waals surface area contributed by atoms with Gasteiger partial charge in [0.05, 0.1) is 14.2 Å². The van der Waals surface area contributed by atoms with Crippen molar-refractivity contribution < 1.29 is 14.2 Å². The van der Waals surface area contributed by atoms with Crippen molar-refractivity contribution >= 4 is 40.8 Å². The molecule has 2 heterocycles. The number of rotatable bonds is 6. The molecule has 2 aromatic rings. The molecular weight excluding hydrogens is 441 g/mol. The first-order valence-electron chi connectivity index (χ1n) is 8.90. The number of hydrogen-bond acceptors (Lipinski definition) is 8. The first-order valence-corrected chi connectivity index (χ1v) is 10.0. The number of alkyl halides is 3. The topological polar surface area (TPSA) is 104 Å². The predicted molar refractivity (Wildman–Crippen MR) is 113 cm³/mol. The summed E-state index contributed by atoms with van der Waals surface area (Å²) in [5.74, 6) is 1.71. The summed E-state index contributed by atoms with van der Waals surface area (Å²) < 4.78 is 14.2. The van der Waals surface area contributed by atoms with Crippen molar-refractivity contribution in [3.05, 3.63) is 24.0 Å². The third kappa shape index (κ3) is 5.73. The van der Waals surface area contributed by atoms with E-state index in [-0.39, 0.29) is 11.8 Å². The first kappa shape index (κ1) is 22.1. The van der Waals surface area contributed by atoms with Gasteiger partial charge in [0.1, 0.15) is 11.5 Å². The van der Waals surface area contributed by atoms with Gasteiger partial charge in [-0.25, -0.2) is 4.98 Å². The van der Waals surface area contributed by atoms with Crippen LogP contribution in [0.1, 0.15) is 18.7 Å². The first-order chi connectivity index (χ1) is 13.7. The number of nitrogens with zero attached hydrogens (tertiary/aromatic N) is 3. The molecular formula is C18H22Cl3N5O3. The van der Waals surface area contributed by atoms with Crippen molar-refractivity contribution in [2.45, 2.75) is 22.2 Å². The molecule has 0 atom stereocenters. The second kappa shape index (κ2) is 9.06. The van der Waals surface area contributed by atoms with Crippen molar-refractivity contribution in [2.75, 3.05) is 39.3 Å². The van der Waals surface area contributed by atoms with Gasteiger partial charge in [-0.3, -0.25) is 0 Å². The highest BCUT2D eigenvalue weighted by atomic mass is 35.6. The van der Waals surface area contributed by atoms with Crippen LogP contribution < -0.4 is 20.5 Å². The molecule has 0 unspecified atom stereocenters. The van der Waals surface area contributed by atoms with Crippen LogP contribution in [-0.4, -0.2) is 54.5 Å². The average Bonchev–Trinajstić information content (AvgIpc) is 2.71. The Labute approximate surface area is 184 Å². The largest absolute Gasteiger partial charge is 0.497 e. The molecule has 0 aliphatic carbocycles. The van der Waals surface area contributed by atoms with Crippen LogP contribution in [0.15, 0.2) is 18.2 Å². The van der Waals surface area contributed by atoms with Crippen LogP contribution in [0.5, 0.6) is 11.5 Å². The van der Waals surface area contributed by atoms with Crippen molar-refractivity contribution in [2.24, 2.45) is 5.73 Å². The zero-order valence-electron chi connectivity index (χ0n) is 16.0. The molecule has 1 saturated heterocycles. The summed E-state index contributed by atoms with van der Waals surface area (Å²) in [4.78, 5) is 13.0. The third-order valence-corrected chi connectivity index (χ3v) is 5.09. The monoisotopic (exact) mass is 461 g/mol. The minimum atomic E-state index is -1.82. The van der Waals surface area contributed by atoms with Crippen molar-refractivity contribution in [1.82, 2.24) is 15.0 Å². The lowest BCUT2D eigenvalue weighted by Gasteiger charge is -2.33. The van der Waals surface area contributed by atoms with E-state index in [1.165, 1.54) is 0 Å². The van der Waals surface area contributed by atoms with Gasteiger partial charge in [0, 0.05) is 36.9 Å². The number of halogens is 3. The van der Waals surface area contributed by atoms with E-state index in [4.69, 9.17) is 54.7 Å². The summed E-state index contributed by atoms with van der Waals surface area (Å²) in [6, 6.07) is 5.25. The molecule has 11 heteroatoms. The summed E-state index contributed by atoms with van der Waals surface area (Å²) in [5.41, 5.74) is 6.63. The summed E-state index contributed by atoms with van der Waals surface area (Å²) in [5, 5.41) is 3.15. The molecule has 3 rings (SSSR count). The van der Waals surface area contributed by atoms with Crippen LogP contribution >= 0.6 is 34.8 Å². The van der Waals surface area contributed by atoms with E-state index < -0.39 is 9.33 Å². The van der Waals surface area contributed by atoms with Crippen molar-refractivity contribution in [1.29, 1.82) is 0 Å². The highest BCUT2D eigenvalue weighted by Gasteiger charge is 2.31. The number of ether oxygens (including phenoxy) is 3. The van der Waals surface area contributed by atoms with E-state index in [0.29, 0.717) is 42.6 Å². The average molecular weight is 463 g/mol. The van der Waals surface area contributed by atoms with E-state index in [0.717, 1.165) is 12.8 Å². The molecule has 1 aliphatic rings. The standard InChI is InChI=1S/C18H22Cl3N5O3/c1-27-12-7-11(8-13(9-12)28-2)14-24-15(18(19,20)21)26-16(25-14)23-10-17(22)3-5-29-6-4-17/h7-9H,3-6,10,22H2,1-2H3,(H,23,24,25,26). The van der Waals surface area contributed by atoms with Crippen molar-refractivity contribution in [3.8, 4) is 22.9 Å². The molecule has 0 radical (unpaired) electrons. The van der Waals surface area contributed by atoms with Crippen LogP contribution in [-0.2, 0) is 8.53 Å². The Morgan fingerprint density at radius 1 is 1.07 bits per heavy atom. The van der Waals surface area contributed by atoms with Crippen LogP contribution in [0.2, 0.25) is 0 Å². The molecule has 0 amide bonds. The number of anilines is 1. The molecule has 0 bridgehead atoms. The Kier molecular flexibility index (Phi) is 6.90. The van der Waals surface area contributed by atoms with Crippen LogP contribution in [0.3, 0.4) is 0 Å². The Balaban J connectivity index is 1.96. The zero-order chi connectivity index (χ0) is 21.1. The van der Waals surface area contributed by atoms with Gasteiger partial charge in [0.15, 0.2) is 11.6 Å². The zero-order valence-corrected chi connectivity index (χ0v) is 18.3. The lowest BCUT2D eigenvalue weighted by Crippen LogP contribution is -2.50. The van der Waals surface area contributed by atoms with Gasteiger partial charge in [-0.1, -0.05) is 34.8 Å². The van der Waals surface area contributed by atoms with Gasteiger partial charge in [-0.05, 0) is 25.0 Å². The molecule has 0 saturated carbocycles. The Morgan fingerprint density at radius 2 is 1.69 bits per heavy atom. The molecule has 158 valence electrons. The Morgan fingerprint density at radius 3 is 2.24 bits per heavy atom. The predicted octanol–water partition coefficient (Wildman–Crippen LogP) is 3.30. The quantitative estimate of drug-likeness (QED) is 0.630. The van der Waals surface area contributed by atoms with Gasteiger partial charge < -0.3 is 25.3 Å². The fourth-order valence-electron chi connectivity index (χ4n) is 2.86. The van der Waals surface area contributed by atoms with Gasteiger partial charge in [0.25, 0.3) is 0 Å². The summed E-state index contributed by atoms with van der Waals surface area (Å²) in [6.45, 7) is 1.67. The number of methoxy groups -OCH3 is 2. The molecule has 1 aliphatic heterocycles. The number of hydrogen-bond donors (Lipinski definition) is 2. The van der Waals surface area contributed by atoms with Gasteiger partial charge in [0.2, 0.25) is 9.74 Å². The SMILES string of the molecule is COc1cc(OC)cc(-c2nc(NCC3(N)CCOCC3)nc(C(Cl)(Cl)Cl)n2)c1. The molecule has 1 aromatic carbocycles. The summed E-state index contributed by atoms with van der Waals surface area (Å²) in [6.07, 6.45) is 1.45. The molecule has 3 N–H and O–H groups in total. The number of nitrogens with two attached hydrogens (primary N) is 1. The van der Waals surface area contributed by atoms with E-state index in [2.05, 4.69) is 20.3 Å². The molecule has 1 aromatic heterocycles. The maximum atomic E-state index is 6.43. The number of nitrogens with one attached hydrogen (secondary N) is 1. The van der Waals surface area contributed by atoms with E-state index >= 15 is 0 Å². The van der Waals surface area contributed by atoms with Gasteiger partial charge >= 0.3 is 0 Å². The minimum absolute atomic E-state index is 0.00478. The smallest absolute Gasteiger partial charge is 0.250 e. The van der Waals surface area contributed by atoms with E-state index in [1.807, 2.05) is 0 Å². The molecule has 1 fully saturated rings. The number of aromatic nitrogens is 3. The van der Waals surface area contributed by atoms with Gasteiger partial charge in [-0.2, -0.15) is 9.97 Å².